The van der Waals surface area contributed by atoms with E-state index in [2.05, 4.69) is 5.32 Å². The van der Waals surface area contributed by atoms with E-state index in [1.54, 1.807) is 14.0 Å². The van der Waals surface area contributed by atoms with Crippen molar-refractivity contribution >= 4 is 17.8 Å². The zero-order valence-electron chi connectivity index (χ0n) is 12.2. The lowest BCUT2D eigenvalue weighted by molar-refractivity contribution is -0.143. The van der Waals surface area contributed by atoms with Gasteiger partial charge in [-0.2, -0.15) is 0 Å². The fourth-order valence-corrected chi connectivity index (χ4v) is 2.45. The van der Waals surface area contributed by atoms with Gasteiger partial charge in [0.25, 0.3) is 0 Å². The van der Waals surface area contributed by atoms with E-state index in [9.17, 15) is 14.4 Å². The molecule has 0 aromatic heterocycles. The molecule has 1 rings (SSSR count). The Kier molecular flexibility index (Phi) is 6.48. The van der Waals surface area contributed by atoms with Crippen LogP contribution in [-0.2, 0) is 14.4 Å². The number of carboxylic acid groups (broad SMARTS) is 1. The highest BCUT2D eigenvalue weighted by molar-refractivity contribution is 5.85. The third-order valence-corrected chi connectivity index (χ3v) is 3.78. The number of hydrogen-bond donors (Lipinski definition) is 2. The minimum Gasteiger partial charge on any atom is -0.481 e. The molecule has 0 aromatic rings. The van der Waals surface area contributed by atoms with E-state index in [1.165, 1.54) is 17.7 Å². The number of carboxylic acids is 1. The van der Waals surface area contributed by atoms with Gasteiger partial charge in [0.1, 0.15) is 0 Å². The van der Waals surface area contributed by atoms with Gasteiger partial charge in [0, 0.05) is 20.0 Å². The molecule has 20 heavy (non-hydrogen) atoms. The smallest absolute Gasteiger partial charge is 0.308 e. The molecule has 1 unspecified atom stereocenters. The van der Waals surface area contributed by atoms with Crippen LogP contribution in [0.15, 0.2) is 0 Å². The Labute approximate surface area is 119 Å². The quantitative estimate of drug-likeness (QED) is 0.726. The van der Waals surface area contributed by atoms with Gasteiger partial charge in [0.05, 0.1) is 12.5 Å². The Bertz CT molecular complexity index is 364. The van der Waals surface area contributed by atoms with Crippen molar-refractivity contribution < 1.29 is 19.5 Å². The van der Waals surface area contributed by atoms with Gasteiger partial charge in [0.2, 0.25) is 11.8 Å². The molecule has 6 heteroatoms. The number of nitrogens with zero attached hydrogens (tertiary/aromatic N) is 1. The third-order valence-electron chi connectivity index (χ3n) is 3.78. The van der Waals surface area contributed by atoms with E-state index >= 15 is 0 Å². The van der Waals surface area contributed by atoms with E-state index < -0.39 is 11.9 Å². The van der Waals surface area contributed by atoms with Gasteiger partial charge in [-0.3, -0.25) is 14.4 Å². The normalized spacial score (nSPS) is 16.7. The van der Waals surface area contributed by atoms with Gasteiger partial charge in [-0.25, -0.2) is 0 Å². The lowest BCUT2D eigenvalue weighted by atomic mass is 10.0. The lowest BCUT2D eigenvalue weighted by Crippen LogP contribution is -2.41. The summed E-state index contributed by atoms with van der Waals surface area (Å²) < 4.78 is 0. The summed E-state index contributed by atoms with van der Waals surface area (Å²) in [6.07, 6.45) is 5.05. The maximum Gasteiger partial charge on any atom is 0.308 e. The Hall–Kier alpha value is -1.59. The van der Waals surface area contributed by atoms with Gasteiger partial charge in [-0.1, -0.05) is 19.8 Å². The highest BCUT2D eigenvalue weighted by Crippen LogP contribution is 2.27. The largest absolute Gasteiger partial charge is 0.481 e. The number of carbonyl (C=O) groups is 3. The molecule has 0 bridgehead atoms. The first-order valence-electron chi connectivity index (χ1n) is 7.13. The van der Waals surface area contributed by atoms with Crippen LogP contribution in [0.5, 0.6) is 0 Å². The molecule has 6 nitrogen and oxygen atoms in total. The van der Waals surface area contributed by atoms with Crippen LogP contribution in [0.2, 0.25) is 0 Å². The van der Waals surface area contributed by atoms with Crippen LogP contribution in [0.25, 0.3) is 0 Å². The fourth-order valence-electron chi connectivity index (χ4n) is 2.45. The van der Waals surface area contributed by atoms with Crippen molar-refractivity contribution in [3.63, 3.8) is 0 Å². The van der Waals surface area contributed by atoms with E-state index in [0.717, 1.165) is 12.8 Å². The monoisotopic (exact) mass is 284 g/mol. The van der Waals surface area contributed by atoms with Gasteiger partial charge < -0.3 is 15.3 Å². The standard InChI is InChI=1S/C14H24N2O4/c1-10(14(19)20)9-16(2)13(18)8-15-12(17)7-11-5-3-4-6-11/h10-11H,3-9H2,1-2H3,(H,15,17)(H,19,20). The molecule has 0 aliphatic heterocycles. The predicted octanol–water partition coefficient (Wildman–Crippen LogP) is 0.862. The molecule has 2 amide bonds. The summed E-state index contributed by atoms with van der Waals surface area (Å²) >= 11 is 0. The SMILES string of the molecule is CC(CN(C)C(=O)CNC(=O)CC1CCCC1)C(=O)O. The zero-order valence-corrected chi connectivity index (χ0v) is 12.2. The second-order valence-electron chi connectivity index (χ2n) is 5.64. The molecule has 1 saturated carbocycles. The number of amides is 2. The van der Waals surface area contributed by atoms with Crippen LogP contribution in [-0.4, -0.2) is 47.9 Å². The van der Waals surface area contributed by atoms with Crippen LogP contribution < -0.4 is 5.32 Å². The van der Waals surface area contributed by atoms with Gasteiger partial charge in [-0.05, 0) is 18.8 Å². The van der Waals surface area contributed by atoms with Gasteiger partial charge in [0.15, 0.2) is 0 Å². The predicted molar refractivity (Wildman–Crippen MR) is 74.0 cm³/mol. The summed E-state index contributed by atoms with van der Waals surface area (Å²) in [6.45, 7) is 1.63. The van der Waals surface area contributed by atoms with Crippen molar-refractivity contribution in [3.05, 3.63) is 0 Å². The van der Waals surface area contributed by atoms with Crippen molar-refractivity contribution in [3.8, 4) is 0 Å². The first-order valence-corrected chi connectivity index (χ1v) is 7.13. The number of aliphatic carboxylic acids is 1. The first-order chi connectivity index (χ1) is 9.40. The van der Waals surface area contributed by atoms with E-state index in [-0.39, 0.29) is 24.9 Å². The minimum absolute atomic E-state index is 0.0611. The number of likely N-dealkylation sites (N-methyl/N-ethyl adjacent to an activating group) is 1. The van der Waals surface area contributed by atoms with Crippen molar-refractivity contribution in [1.82, 2.24) is 10.2 Å². The van der Waals surface area contributed by atoms with Crippen molar-refractivity contribution in [2.75, 3.05) is 20.1 Å². The number of rotatable bonds is 7. The van der Waals surface area contributed by atoms with Crippen LogP contribution >= 0.6 is 0 Å². The average molecular weight is 284 g/mol. The summed E-state index contributed by atoms with van der Waals surface area (Å²) in [5.74, 6) is -1.45. The molecular weight excluding hydrogens is 260 g/mol. The number of nitrogens with one attached hydrogen (secondary N) is 1. The molecule has 1 aliphatic carbocycles. The molecule has 0 saturated heterocycles. The molecule has 0 heterocycles. The molecule has 114 valence electrons. The van der Waals surface area contributed by atoms with E-state index in [4.69, 9.17) is 5.11 Å². The van der Waals surface area contributed by atoms with Gasteiger partial charge in [-0.15, -0.1) is 0 Å². The maximum absolute atomic E-state index is 11.8. The molecule has 0 spiro atoms. The molecule has 2 N–H and O–H groups in total. The summed E-state index contributed by atoms with van der Waals surface area (Å²) in [4.78, 5) is 35.5. The molecule has 1 fully saturated rings. The fraction of sp³-hybridized carbons (Fsp3) is 0.786. The highest BCUT2D eigenvalue weighted by atomic mass is 16.4. The maximum atomic E-state index is 11.8. The molecular formula is C14H24N2O4. The van der Waals surface area contributed by atoms with Crippen LogP contribution in [0.3, 0.4) is 0 Å². The second-order valence-corrected chi connectivity index (χ2v) is 5.64. The zero-order chi connectivity index (χ0) is 15.1. The highest BCUT2D eigenvalue weighted by Gasteiger charge is 2.20. The van der Waals surface area contributed by atoms with Crippen LogP contribution in [0.1, 0.15) is 39.0 Å². The van der Waals surface area contributed by atoms with E-state index in [0.29, 0.717) is 12.3 Å². The summed E-state index contributed by atoms with van der Waals surface area (Å²) in [6, 6.07) is 0. The molecule has 1 atom stereocenters. The minimum atomic E-state index is -0.935. The van der Waals surface area contributed by atoms with Crippen LogP contribution in [0, 0.1) is 11.8 Å². The molecule has 1 aliphatic rings. The van der Waals surface area contributed by atoms with Crippen LogP contribution in [0.4, 0.5) is 0 Å². The van der Waals surface area contributed by atoms with E-state index in [1.807, 2.05) is 0 Å². The first kappa shape index (κ1) is 16.5. The average Bonchev–Trinajstić information content (AvgIpc) is 2.88. The summed E-state index contributed by atoms with van der Waals surface area (Å²) in [7, 11) is 1.55. The molecule has 0 aromatic carbocycles. The topological polar surface area (TPSA) is 86.7 Å². The van der Waals surface area contributed by atoms with Gasteiger partial charge >= 0.3 is 5.97 Å². The Balaban J connectivity index is 2.23. The van der Waals surface area contributed by atoms with Crippen molar-refractivity contribution in [2.24, 2.45) is 11.8 Å². The summed E-state index contributed by atoms with van der Waals surface area (Å²) in [5, 5.41) is 11.4. The number of carbonyl (C=O) groups excluding carboxylic acids is 2. The third kappa shape index (κ3) is 5.59. The molecule has 0 radical (unpaired) electrons. The summed E-state index contributed by atoms with van der Waals surface area (Å²) in [5.41, 5.74) is 0. The lowest BCUT2D eigenvalue weighted by Gasteiger charge is -2.19. The second kappa shape index (κ2) is 7.87. The number of hydrogen-bond acceptors (Lipinski definition) is 3. The van der Waals surface area contributed by atoms with Crippen molar-refractivity contribution in [2.45, 2.75) is 39.0 Å². The Morgan fingerprint density at radius 1 is 1.30 bits per heavy atom. The Morgan fingerprint density at radius 3 is 2.45 bits per heavy atom. The van der Waals surface area contributed by atoms with Crippen molar-refractivity contribution in [1.29, 1.82) is 0 Å². The Morgan fingerprint density at radius 2 is 1.90 bits per heavy atom.